The molecule has 1 aromatic rings. The SMILES string of the molecule is Cc1ccccc1CC(=O)NC1C2CCC(C2)C1CO. The third kappa shape index (κ3) is 2.47. The summed E-state index contributed by atoms with van der Waals surface area (Å²) in [5.74, 6) is 1.57. The van der Waals surface area contributed by atoms with E-state index in [4.69, 9.17) is 0 Å². The second-order valence-corrected chi connectivity index (χ2v) is 6.38. The first-order valence-electron chi connectivity index (χ1n) is 7.63. The van der Waals surface area contributed by atoms with Crippen molar-refractivity contribution in [3.05, 3.63) is 35.4 Å². The van der Waals surface area contributed by atoms with Crippen molar-refractivity contribution in [2.24, 2.45) is 17.8 Å². The van der Waals surface area contributed by atoms with Gasteiger partial charge in [-0.05, 0) is 49.1 Å². The van der Waals surface area contributed by atoms with Crippen LogP contribution in [0.3, 0.4) is 0 Å². The molecule has 2 aliphatic carbocycles. The molecule has 0 radical (unpaired) electrons. The summed E-state index contributed by atoms with van der Waals surface area (Å²) in [6.45, 7) is 2.24. The molecule has 0 saturated heterocycles. The van der Waals surface area contributed by atoms with E-state index in [1.165, 1.54) is 19.3 Å². The highest BCUT2D eigenvalue weighted by molar-refractivity contribution is 5.79. The average molecular weight is 273 g/mol. The molecule has 3 rings (SSSR count). The van der Waals surface area contributed by atoms with E-state index in [1.807, 2.05) is 31.2 Å². The molecule has 3 nitrogen and oxygen atoms in total. The number of hydrogen-bond acceptors (Lipinski definition) is 2. The fraction of sp³-hybridized carbons (Fsp3) is 0.588. The molecule has 108 valence electrons. The molecule has 0 heterocycles. The highest BCUT2D eigenvalue weighted by Crippen LogP contribution is 2.48. The van der Waals surface area contributed by atoms with E-state index in [9.17, 15) is 9.90 Å². The highest BCUT2D eigenvalue weighted by Gasteiger charge is 2.47. The van der Waals surface area contributed by atoms with Gasteiger partial charge in [-0.15, -0.1) is 0 Å². The molecular formula is C17H23NO2. The van der Waals surface area contributed by atoms with Crippen molar-refractivity contribution in [2.45, 2.75) is 38.6 Å². The summed E-state index contributed by atoms with van der Waals surface area (Å²) in [5.41, 5.74) is 2.25. The molecule has 1 aromatic carbocycles. The minimum Gasteiger partial charge on any atom is -0.396 e. The molecule has 2 saturated carbocycles. The summed E-state index contributed by atoms with van der Waals surface area (Å²) in [6.07, 6.45) is 4.05. The van der Waals surface area contributed by atoms with Crippen molar-refractivity contribution in [1.82, 2.24) is 5.32 Å². The van der Waals surface area contributed by atoms with Gasteiger partial charge in [0.05, 0.1) is 6.42 Å². The van der Waals surface area contributed by atoms with E-state index in [2.05, 4.69) is 5.32 Å². The van der Waals surface area contributed by atoms with Crippen LogP contribution in [0.25, 0.3) is 0 Å². The van der Waals surface area contributed by atoms with Gasteiger partial charge in [0.1, 0.15) is 0 Å². The lowest BCUT2D eigenvalue weighted by atomic mass is 9.85. The number of amides is 1. The maximum atomic E-state index is 12.3. The van der Waals surface area contributed by atoms with Gasteiger partial charge >= 0.3 is 0 Å². The van der Waals surface area contributed by atoms with Crippen molar-refractivity contribution >= 4 is 5.91 Å². The van der Waals surface area contributed by atoms with Gasteiger partial charge in [-0.1, -0.05) is 24.3 Å². The molecule has 1 amide bonds. The number of aliphatic hydroxyl groups excluding tert-OH is 1. The first-order valence-corrected chi connectivity index (χ1v) is 7.63. The first-order chi connectivity index (χ1) is 9.69. The molecular weight excluding hydrogens is 250 g/mol. The Hall–Kier alpha value is -1.35. The predicted octanol–water partition coefficient (Wildman–Crippen LogP) is 2.06. The maximum Gasteiger partial charge on any atom is 0.224 e. The molecule has 4 atom stereocenters. The Labute approximate surface area is 120 Å². The second kappa shape index (κ2) is 5.57. The maximum absolute atomic E-state index is 12.3. The Balaban J connectivity index is 1.63. The summed E-state index contributed by atoms with van der Waals surface area (Å²) in [5, 5.41) is 12.7. The Morgan fingerprint density at radius 1 is 1.30 bits per heavy atom. The average Bonchev–Trinajstić information content (AvgIpc) is 3.02. The fourth-order valence-electron chi connectivity index (χ4n) is 4.12. The lowest BCUT2D eigenvalue weighted by molar-refractivity contribution is -0.122. The highest BCUT2D eigenvalue weighted by atomic mass is 16.3. The van der Waals surface area contributed by atoms with Gasteiger partial charge < -0.3 is 10.4 Å². The molecule has 2 fully saturated rings. The van der Waals surface area contributed by atoms with Gasteiger partial charge in [-0.2, -0.15) is 0 Å². The van der Waals surface area contributed by atoms with E-state index >= 15 is 0 Å². The van der Waals surface area contributed by atoms with Crippen LogP contribution >= 0.6 is 0 Å². The molecule has 2 aliphatic rings. The lowest BCUT2D eigenvalue weighted by Gasteiger charge is -2.30. The van der Waals surface area contributed by atoms with Gasteiger partial charge in [-0.3, -0.25) is 4.79 Å². The summed E-state index contributed by atoms with van der Waals surface area (Å²) < 4.78 is 0. The summed E-state index contributed by atoms with van der Waals surface area (Å²) >= 11 is 0. The van der Waals surface area contributed by atoms with Crippen LogP contribution in [0.4, 0.5) is 0 Å². The number of aryl methyl sites for hydroxylation is 1. The van der Waals surface area contributed by atoms with Gasteiger partial charge in [-0.25, -0.2) is 0 Å². The van der Waals surface area contributed by atoms with E-state index in [1.54, 1.807) is 0 Å². The van der Waals surface area contributed by atoms with Crippen LogP contribution in [-0.4, -0.2) is 23.7 Å². The largest absolute Gasteiger partial charge is 0.396 e. The van der Waals surface area contributed by atoms with Crippen molar-refractivity contribution in [1.29, 1.82) is 0 Å². The normalized spacial score (nSPS) is 31.5. The van der Waals surface area contributed by atoms with E-state index in [0.29, 0.717) is 18.3 Å². The van der Waals surface area contributed by atoms with Crippen LogP contribution in [-0.2, 0) is 11.2 Å². The van der Waals surface area contributed by atoms with E-state index in [0.717, 1.165) is 11.1 Å². The lowest BCUT2D eigenvalue weighted by Crippen LogP contribution is -2.45. The smallest absolute Gasteiger partial charge is 0.224 e. The van der Waals surface area contributed by atoms with Crippen LogP contribution in [0.15, 0.2) is 24.3 Å². The van der Waals surface area contributed by atoms with Crippen LogP contribution in [0, 0.1) is 24.7 Å². The first kappa shape index (κ1) is 13.6. The minimum absolute atomic E-state index is 0.0929. The van der Waals surface area contributed by atoms with Crippen molar-refractivity contribution in [3.8, 4) is 0 Å². The third-order valence-corrected chi connectivity index (χ3v) is 5.24. The van der Waals surface area contributed by atoms with Crippen LogP contribution in [0.2, 0.25) is 0 Å². The van der Waals surface area contributed by atoms with Crippen molar-refractivity contribution < 1.29 is 9.90 Å². The summed E-state index contributed by atoms with van der Waals surface area (Å²) in [7, 11) is 0. The number of aliphatic hydroxyl groups is 1. The van der Waals surface area contributed by atoms with Gasteiger partial charge in [0, 0.05) is 18.6 Å². The fourth-order valence-corrected chi connectivity index (χ4v) is 4.12. The standard InChI is InChI=1S/C17H23NO2/c1-11-4-2-3-5-12(11)9-16(20)18-17-14-7-6-13(8-14)15(17)10-19/h2-5,13-15,17,19H,6-10H2,1H3,(H,18,20). The molecule has 2 bridgehead atoms. The quantitative estimate of drug-likeness (QED) is 0.882. The molecule has 2 N–H and O–H groups in total. The zero-order valence-electron chi connectivity index (χ0n) is 12.0. The number of rotatable bonds is 4. The molecule has 3 heteroatoms. The molecule has 0 spiro atoms. The minimum atomic E-state index is 0.0929. The zero-order valence-corrected chi connectivity index (χ0v) is 12.0. The third-order valence-electron chi connectivity index (χ3n) is 5.24. The topological polar surface area (TPSA) is 49.3 Å². The van der Waals surface area contributed by atoms with Crippen molar-refractivity contribution in [3.63, 3.8) is 0 Å². The molecule has 20 heavy (non-hydrogen) atoms. The zero-order chi connectivity index (χ0) is 14.1. The van der Waals surface area contributed by atoms with Gasteiger partial charge in [0.2, 0.25) is 5.91 Å². The number of nitrogens with one attached hydrogen (secondary N) is 1. The molecule has 0 aliphatic heterocycles. The van der Waals surface area contributed by atoms with Gasteiger partial charge in [0.15, 0.2) is 0 Å². The van der Waals surface area contributed by atoms with Crippen LogP contribution < -0.4 is 5.32 Å². The van der Waals surface area contributed by atoms with E-state index in [-0.39, 0.29) is 24.5 Å². The number of carbonyl (C=O) groups excluding carboxylic acids is 1. The van der Waals surface area contributed by atoms with Crippen LogP contribution in [0.1, 0.15) is 30.4 Å². The van der Waals surface area contributed by atoms with Crippen molar-refractivity contribution in [2.75, 3.05) is 6.61 Å². The Morgan fingerprint density at radius 2 is 2.05 bits per heavy atom. The summed E-state index contributed by atoms with van der Waals surface area (Å²) in [4.78, 5) is 12.3. The number of fused-ring (bicyclic) bond motifs is 2. The second-order valence-electron chi connectivity index (χ2n) is 6.38. The number of carbonyl (C=O) groups is 1. The number of hydrogen-bond donors (Lipinski definition) is 2. The van der Waals surface area contributed by atoms with Crippen LogP contribution in [0.5, 0.6) is 0 Å². The summed E-state index contributed by atoms with van der Waals surface area (Å²) in [6, 6.07) is 8.21. The molecule has 0 aromatic heterocycles. The number of benzene rings is 1. The van der Waals surface area contributed by atoms with Gasteiger partial charge in [0.25, 0.3) is 0 Å². The molecule has 4 unspecified atom stereocenters. The van der Waals surface area contributed by atoms with E-state index < -0.39 is 0 Å². The Bertz CT molecular complexity index is 500. The predicted molar refractivity (Wildman–Crippen MR) is 78.2 cm³/mol. The monoisotopic (exact) mass is 273 g/mol. The Kier molecular flexibility index (Phi) is 3.79. The Morgan fingerprint density at radius 3 is 2.80 bits per heavy atom.